The highest BCUT2D eigenvalue weighted by molar-refractivity contribution is 5.92. The van der Waals surface area contributed by atoms with Gasteiger partial charge < -0.3 is 15.0 Å². The van der Waals surface area contributed by atoms with Crippen molar-refractivity contribution in [2.75, 3.05) is 31.6 Å². The van der Waals surface area contributed by atoms with Crippen LogP contribution in [0.3, 0.4) is 0 Å². The molecule has 0 saturated heterocycles. The summed E-state index contributed by atoms with van der Waals surface area (Å²) >= 11 is 0. The molecule has 3 aromatic rings. The van der Waals surface area contributed by atoms with Crippen LogP contribution < -0.4 is 15.6 Å². The number of para-hydroxylation sites is 2. The third kappa shape index (κ3) is 4.80. The zero-order valence-electron chi connectivity index (χ0n) is 17.0. The number of amides is 1. The minimum Gasteiger partial charge on any atom is -0.490 e. The molecule has 0 aliphatic carbocycles. The standard InChI is InChI=1S/C20H26N6O3/c1-4-25(5-2)10-11-29-17-9-7-6-8-16(17)23-18(27)13-26-14-21-19-15(20(26)28)12-22-24(19)3/h6-9,12,14H,4-5,10-11,13H2,1-3H3,(H,23,27). The van der Waals surface area contributed by atoms with Gasteiger partial charge in [-0.3, -0.25) is 18.8 Å². The summed E-state index contributed by atoms with van der Waals surface area (Å²) in [4.78, 5) is 31.5. The molecule has 2 heterocycles. The van der Waals surface area contributed by atoms with Crippen molar-refractivity contribution in [1.82, 2.24) is 24.2 Å². The van der Waals surface area contributed by atoms with Crippen LogP contribution in [0.1, 0.15) is 13.8 Å². The first kappa shape index (κ1) is 20.5. The van der Waals surface area contributed by atoms with Crippen LogP contribution in [0.5, 0.6) is 5.75 Å². The maximum absolute atomic E-state index is 12.5. The molecule has 0 aliphatic heterocycles. The molecule has 0 aliphatic rings. The van der Waals surface area contributed by atoms with Gasteiger partial charge in [0.25, 0.3) is 5.56 Å². The number of likely N-dealkylation sites (N-methyl/N-ethyl adjacent to an activating group) is 1. The van der Waals surface area contributed by atoms with Gasteiger partial charge in [-0.15, -0.1) is 0 Å². The SMILES string of the molecule is CCN(CC)CCOc1ccccc1NC(=O)Cn1cnc2c(cnn2C)c1=O. The van der Waals surface area contributed by atoms with Crippen molar-refractivity contribution >= 4 is 22.6 Å². The molecule has 0 spiro atoms. The Balaban J connectivity index is 1.67. The minimum absolute atomic E-state index is 0.148. The summed E-state index contributed by atoms with van der Waals surface area (Å²) in [5.74, 6) is 0.262. The third-order valence-electron chi connectivity index (χ3n) is 4.75. The summed E-state index contributed by atoms with van der Waals surface area (Å²) in [6.45, 7) is 7.32. The fourth-order valence-electron chi connectivity index (χ4n) is 3.04. The highest BCUT2D eigenvalue weighted by Gasteiger charge is 2.13. The molecule has 154 valence electrons. The monoisotopic (exact) mass is 398 g/mol. The van der Waals surface area contributed by atoms with Gasteiger partial charge in [0.2, 0.25) is 5.91 Å². The third-order valence-corrected chi connectivity index (χ3v) is 4.75. The lowest BCUT2D eigenvalue weighted by molar-refractivity contribution is -0.116. The fourth-order valence-corrected chi connectivity index (χ4v) is 3.04. The summed E-state index contributed by atoms with van der Waals surface area (Å²) in [6.07, 6.45) is 2.82. The number of rotatable bonds is 9. The van der Waals surface area contributed by atoms with Crippen LogP contribution in [0.15, 0.2) is 41.6 Å². The smallest absolute Gasteiger partial charge is 0.264 e. The van der Waals surface area contributed by atoms with Gasteiger partial charge in [-0.05, 0) is 25.2 Å². The molecular weight excluding hydrogens is 372 g/mol. The van der Waals surface area contributed by atoms with Gasteiger partial charge in [0, 0.05) is 13.6 Å². The van der Waals surface area contributed by atoms with E-state index >= 15 is 0 Å². The lowest BCUT2D eigenvalue weighted by atomic mass is 10.3. The van der Waals surface area contributed by atoms with Crippen LogP contribution in [0.4, 0.5) is 5.69 Å². The van der Waals surface area contributed by atoms with Crippen molar-refractivity contribution in [3.8, 4) is 5.75 Å². The number of nitrogens with zero attached hydrogens (tertiary/aromatic N) is 5. The number of carbonyl (C=O) groups is 1. The van der Waals surface area contributed by atoms with E-state index in [1.54, 1.807) is 13.1 Å². The molecule has 1 amide bonds. The second-order valence-corrected chi connectivity index (χ2v) is 6.60. The Kier molecular flexibility index (Phi) is 6.61. The van der Waals surface area contributed by atoms with E-state index in [1.807, 2.05) is 18.2 Å². The van der Waals surface area contributed by atoms with Crippen molar-refractivity contribution < 1.29 is 9.53 Å². The average molecular weight is 398 g/mol. The second kappa shape index (κ2) is 9.33. The van der Waals surface area contributed by atoms with E-state index in [9.17, 15) is 9.59 Å². The highest BCUT2D eigenvalue weighted by Crippen LogP contribution is 2.23. The van der Waals surface area contributed by atoms with Crippen molar-refractivity contribution in [2.45, 2.75) is 20.4 Å². The first-order chi connectivity index (χ1) is 14.0. The van der Waals surface area contributed by atoms with E-state index < -0.39 is 0 Å². The summed E-state index contributed by atoms with van der Waals surface area (Å²) in [7, 11) is 1.71. The van der Waals surface area contributed by atoms with Gasteiger partial charge in [0.05, 0.1) is 11.9 Å². The van der Waals surface area contributed by atoms with Gasteiger partial charge in [0.15, 0.2) is 5.65 Å². The van der Waals surface area contributed by atoms with E-state index in [-0.39, 0.29) is 18.0 Å². The number of fused-ring (bicyclic) bond motifs is 1. The summed E-state index contributed by atoms with van der Waals surface area (Å²) in [6, 6.07) is 7.26. The minimum atomic E-state index is -0.336. The van der Waals surface area contributed by atoms with Gasteiger partial charge >= 0.3 is 0 Å². The average Bonchev–Trinajstić information content (AvgIpc) is 3.10. The lowest BCUT2D eigenvalue weighted by Gasteiger charge is -2.19. The summed E-state index contributed by atoms with van der Waals surface area (Å²) < 4.78 is 8.65. The van der Waals surface area contributed by atoms with E-state index in [4.69, 9.17) is 4.74 Å². The van der Waals surface area contributed by atoms with Crippen LogP contribution in [0, 0.1) is 0 Å². The summed E-state index contributed by atoms with van der Waals surface area (Å²) in [5, 5.41) is 7.23. The first-order valence-electron chi connectivity index (χ1n) is 9.64. The van der Waals surface area contributed by atoms with E-state index in [1.165, 1.54) is 21.8 Å². The molecule has 0 unspecified atom stereocenters. The quantitative estimate of drug-likeness (QED) is 0.587. The topological polar surface area (TPSA) is 94.3 Å². The molecule has 0 fully saturated rings. The largest absolute Gasteiger partial charge is 0.490 e. The van der Waals surface area contributed by atoms with Gasteiger partial charge in [-0.25, -0.2) is 4.98 Å². The number of carbonyl (C=O) groups excluding carboxylic acids is 1. The Morgan fingerprint density at radius 1 is 1.24 bits per heavy atom. The van der Waals surface area contributed by atoms with Crippen molar-refractivity contribution in [3.63, 3.8) is 0 Å². The number of ether oxygens (including phenoxy) is 1. The van der Waals surface area contributed by atoms with Crippen LogP contribution in [0.2, 0.25) is 0 Å². The Bertz CT molecular complexity index is 1040. The van der Waals surface area contributed by atoms with Crippen molar-refractivity contribution in [1.29, 1.82) is 0 Å². The Morgan fingerprint density at radius 2 is 2.00 bits per heavy atom. The van der Waals surface area contributed by atoms with Gasteiger partial charge in [-0.2, -0.15) is 5.10 Å². The number of anilines is 1. The molecule has 2 aromatic heterocycles. The number of hydrogen-bond acceptors (Lipinski definition) is 6. The zero-order valence-corrected chi connectivity index (χ0v) is 17.0. The van der Waals surface area contributed by atoms with Crippen LogP contribution in [0.25, 0.3) is 11.0 Å². The zero-order chi connectivity index (χ0) is 20.8. The Hall–Kier alpha value is -3.20. The normalized spacial score (nSPS) is 11.2. The molecule has 0 radical (unpaired) electrons. The van der Waals surface area contributed by atoms with Crippen molar-refractivity contribution in [2.24, 2.45) is 7.05 Å². The molecule has 0 bridgehead atoms. The molecule has 0 saturated carbocycles. The van der Waals surface area contributed by atoms with Crippen LogP contribution >= 0.6 is 0 Å². The first-order valence-corrected chi connectivity index (χ1v) is 9.64. The molecule has 1 N–H and O–H groups in total. The Morgan fingerprint density at radius 3 is 2.76 bits per heavy atom. The molecule has 29 heavy (non-hydrogen) atoms. The molecule has 3 rings (SSSR count). The summed E-state index contributed by atoms with van der Waals surface area (Å²) in [5.41, 5.74) is 0.751. The second-order valence-electron chi connectivity index (χ2n) is 6.60. The number of aryl methyl sites for hydroxylation is 1. The van der Waals surface area contributed by atoms with Crippen LogP contribution in [-0.4, -0.2) is 56.4 Å². The molecule has 0 atom stereocenters. The fraction of sp³-hybridized carbons (Fsp3) is 0.400. The number of nitrogens with one attached hydrogen (secondary N) is 1. The Labute approximate surface area is 168 Å². The molecule has 9 nitrogen and oxygen atoms in total. The van der Waals surface area contributed by atoms with Crippen LogP contribution in [-0.2, 0) is 18.4 Å². The molecule has 9 heteroatoms. The number of aromatic nitrogens is 4. The maximum Gasteiger partial charge on any atom is 0.264 e. The number of hydrogen-bond donors (Lipinski definition) is 1. The predicted molar refractivity (Wildman–Crippen MR) is 111 cm³/mol. The van der Waals surface area contributed by atoms with E-state index in [0.29, 0.717) is 29.1 Å². The predicted octanol–water partition coefficient (Wildman–Crippen LogP) is 1.49. The lowest BCUT2D eigenvalue weighted by Crippen LogP contribution is -2.29. The highest BCUT2D eigenvalue weighted by atomic mass is 16.5. The van der Waals surface area contributed by atoms with Gasteiger partial charge in [-0.1, -0.05) is 26.0 Å². The van der Waals surface area contributed by atoms with E-state index in [2.05, 4.69) is 34.1 Å². The maximum atomic E-state index is 12.5. The molecular formula is C20H26N6O3. The number of benzene rings is 1. The van der Waals surface area contributed by atoms with Crippen molar-refractivity contribution in [3.05, 3.63) is 47.1 Å². The van der Waals surface area contributed by atoms with Gasteiger partial charge in [0.1, 0.15) is 30.6 Å². The van der Waals surface area contributed by atoms with E-state index in [0.717, 1.165) is 19.6 Å². The molecule has 1 aromatic carbocycles.